The number of anilines is 2. The van der Waals surface area contributed by atoms with Gasteiger partial charge in [-0.15, -0.1) is 0 Å². The maximum Gasteiger partial charge on any atom is 0.306 e. The lowest BCUT2D eigenvalue weighted by Gasteiger charge is -2.31. The van der Waals surface area contributed by atoms with E-state index in [4.69, 9.17) is 16.7 Å². The number of aliphatic carboxylic acids is 1. The molecule has 1 aliphatic heterocycles. The first kappa shape index (κ1) is 16.5. The second-order valence-electron chi connectivity index (χ2n) is 5.81. The standard InChI is InChI=1S/C17H19ClN4O2/c18-14-4-2-1-3-13(14)10-19-15-9-16(21-11-20-15)22-7-5-12(6-8-22)17(23)24/h1-4,9,11-12H,5-8,10H2,(H,23,24)(H,19,20,21). The summed E-state index contributed by atoms with van der Waals surface area (Å²) in [6.45, 7) is 1.97. The van der Waals surface area contributed by atoms with Crippen LogP contribution in [0.25, 0.3) is 0 Å². The van der Waals surface area contributed by atoms with E-state index in [0.717, 1.165) is 22.2 Å². The van der Waals surface area contributed by atoms with Crippen LogP contribution in [0.3, 0.4) is 0 Å². The molecule has 126 valence electrons. The van der Waals surface area contributed by atoms with Crippen molar-refractivity contribution in [3.63, 3.8) is 0 Å². The lowest BCUT2D eigenvalue weighted by Crippen LogP contribution is -2.36. The number of rotatable bonds is 5. The average Bonchev–Trinajstić information content (AvgIpc) is 2.61. The minimum absolute atomic E-state index is 0.249. The van der Waals surface area contributed by atoms with Gasteiger partial charge in [0, 0.05) is 30.7 Å². The third kappa shape index (κ3) is 3.94. The average molecular weight is 347 g/mol. The van der Waals surface area contributed by atoms with E-state index >= 15 is 0 Å². The lowest BCUT2D eigenvalue weighted by atomic mass is 9.97. The Bertz CT molecular complexity index is 717. The first-order valence-corrected chi connectivity index (χ1v) is 8.28. The van der Waals surface area contributed by atoms with Crippen LogP contribution in [-0.2, 0) is 11.3 Å². The zero-order chi connectivity index (χ0) is 16.9. The van der Waals surface area contributed by atoms with Gasteiger partial charge in [0.15, 0.2) is 0 Å². The van der Waals surface area contributed by atoms with E-state index in [-0.39, 0.29) is 5.92 Å². The van der Waals surface area contributed by atoms with Crippen molar-refractivity contribution in [1.82, 2.24) is 9.97 Å². The molecule has 2 N–H and O–H groups in total. The predicted molar refractivity (Wildman–Crippen MR) is 93.4 cm³/mol. The van der Waals surface area contributed by atoms with E-state index in [2.05, 4.69) is 20.2 Å². The van der Waals surface area contributed by atoms with E-state index in [1.807, 2.05) is 30.3 Å². The number of nitrogens with zero attached hydrogens (tertiary/aromatic N) is 3. The maximum absolute atomic E-state index is 11.0. The maximum atomic E-state index is 11.0. The topological polar surface area (TPSA) is 78.4 Å². The Morgan fingerprint density at radius 1 is 1.29 bits per heavy atom. The number of aromatic nitrogens is 2. The van der Waals surface area contributed by atoms with Crippen molar-refractivity contribution in [2.24, 2.45) is 5.92 Å². The lowest BCUT2D eigenvalue weighted by molar-refractivity contribution is -0.142. The van der Waals surface area contributed by atoms with Crippen LogP contribution < -0.4 is 10.2 Å². The summed E-state index contributed by atoms with van der Waals surface area (Å²) in [6, 6.07) is 9.55. The number of carboxylic acids is 1. The summed E-state index contributed by atoms with van der Waals surface area (Å²) in [7, 11) is 0. The molecule has 0 atom stereocenters. The Morgan fingerprint density at radius 2 is 2.04 bits per heavy atom. The van der Waals surface area contributed by atoms with Gasteiger partial charge in [0.1, 0.15) is 18.0 Å². The highest BCUT2D eigenvalue weighted by molar-refractivity contribution is 6.31. The van der Waals surface area contributed by atoms with Crippen LogP contribution in [0.4, 0.5) is 11.6 Å². The first-order chi connectivity index (χ1) is 11.6. The fourth-order valence-electron chi connectivity index (χ4n) is 2.80. The van der Waals surface area contributed by atoms with Crippen molar-refractivity contribution in [2.75, 3.05) is 23.3 Å². The predicted octanol–water partition coefficient (Wildman–Crippen LogP) is 3.04. The smallest absolute Gasteiger partial charge is 0.306 e. The number of nitrogens with one attached hydrogen (secondary N) is 1. The van der Waals surface area contributed by atoms with Crippen LogP contribution in [0.1, 0.15) is 18.4 Å². The molecule has 7 heteroatoms. The summed E-state index contributed by atoms with van der Waals surface area (Å²) in [4.78, 5) is 21.7. The molecule has 24 heavy (non-hydrogen) atoms. The molecule has 1 aromatic carbocycles. The van der Waals surface area contributed by atoms with Gasteiger partial charge in [0.05, 0.1) is 5.92 Å². The second kappa shape index (κ2) is 7.49. The van der Waals surface area contributed by atoms with Gasteiger partial charge in [-0.05, 0) is 24.5 Å². The minimum atomic E-state index is -0.709. The number of hydrogen-bond donors (Lipinski definition) is 2. The molecule has 0 radical (unpaired) electrons. The Labute approximate surface area is 145 Å². The molecular formula is C17H19ClN4O2. The molecule has 0 unspecified atom stereocenters. The Morgan fingerprint density at radius 3 is 2.75 bits per heavy atom. The largest absolute Gasteiger partial charge is 0.481 e. The van der Waals surface area contributed by atoms with E-state index in [1.54, 1.807) is 0 Å². The number of halogens is 1. The third-order valence-corrected chi connectivity index (χ3v) is 4.61. The third-order valence-electron chi connectivity index (χ3n) is 4.24. The first-order valence-electron chi connectivity index (χ1n) is 7.90. The van der Waals surface area contributed by atoms with E-state index < -0.39 is 5.97 Å². The molecule has 0 saturated carbocycles. The Kier molecular flexibility index (Phi) is 5.15. The fourth-order valence-corrected chi connectivity index (χ4v) is 3.00. The summed E-state index contributed by atoms with van der Waals surface area (Å²) in [5.74, 6) is 0.580. The molecule has 1 fully saturated rings. The van der Waals surface area contributed by atoms with Gasteiger partial charge in [-0.25, -0.2) is 9.97 Å². The molecule has 1 saturated heterocycles. The molecule has 2 heterocycles. The van der Waals surface area contributed by atoms with Crippen molar-refractivity contribution in [2.45, 2.75) is 19.4 Å². The zero-order valence-electron chi connectivity index (χ0n) is 13.2. The summed E-state index contributed by atoms with van der Waals surface area (Å²) in [6.07, 6.45) is 2.80. The van der Waals surface area contributed by atoms with Gasteiger partial charge < -0.3 is 15.3 Å². The van der Waals surface area contributed by atoms with Crippen molar-refractivity contribution in [3.8, 4) is 0 Å². The van der Waals surface area contributed by atoms with Crippen molar-refractivity contribution < 1.29 is 9.90 Å². The monoisotopic (exact) mass is 346 g/mol. The van der Waals surface area contributed by atoms with Crippen molar-refractivity contribution >= 4 is 29.2 Å². The second-order valence-corrected chi connectivity index (χ2v) is 6.21. The quantitative estimate of drug-likeness (QED) is 0.866. The van der Waals surface area contributed by atoms with Crippen molar-refractivity contribution in [1.29, 1.82) is 0 Å². The molecule has 1 aromatic heterocycles. The molecule has 1 aliphatic rings. The molecule has 0 bridgehead atoms. The van der Waals surface area contributed by atoms with E-state index in [0.29, 0.717) is 32.5 Å². The van der Waals surface area contributed by atoms with Crippen LogP contribution in [0, 0.1) is 5.92 Å². The van der Waals surface area contributed by atoms with Gasteiger partial charge in [-0.2, -0.15) is 0 Å². The molecular weight excluding hydrogens is 328 g/mol. The fraction of sp³-hybridized carbons (Fsp3) is 0.353. The van der Waals surface area contributed by atoms with Crippen molar-refractivity contribution in [3.05, 3.63) is 47.2 Å². The van der Waals surface area contributed by atoms with Crippen LogP contribution in [0.15, 0.2) is 36.7 Å². The van der Waals surface area contributed by atoms with Crippen LogP contribution in [-0.4, -0.2) is 34.1 Å². The Hall–Kier alpha value is -2.34. The SMILES string of the molecule is O=C(O)C1CCN(c2cc(NCc3ccccc3Cl)ncn2)CC1. The number of piperidine rings is 1. The highest BCUT2D eigenvalue weighted by atomic mass is 35.5. The molecule has 0 spiro atoms. The molecule has 2 aromatic rings. The summed E-state index contributed by atoms with van der Waals surface area (Å²) < 4.78 is 0. The molecule has 0 amide bonds. The van der Waals surface area contributed by atoms with E-state index in [1.165, 1.54) is 6.33 Å². The summed E-state index contributed by atoms with van der Waals surface area (Å²) >= 11 is 6.15. The molecule has 6 nitrogen and oxygen atoms in total. The van der Waals surface area contributed by atoms with Crippen LogP contribution >= 0.6 is 11.6 Å². The number of carboxylic acid groups (broad SMARTS) is 1. The van der Waals surface area contributed by atoms with Gasteiger partial charge in [0.2, 0.25) is 0 Å². The van der Waals surface area contributed by atoms with Gasteiger partial charge in [-0.3, -0.25) is 4.79 Å². The number of benzene rings is 1. The summed E-state index contributed by atoms with van der Waals surface area (Å²) in [5, 5.41) is 13.0. The van der Waals surface area contributed by atoms with E-state index in [9.17, 15) is 4.79 Å². The van der Waals surface area contributed by atoms with Crippen LogP contribution in [0.5, 0.6) is 0 Å². The highest BCUT2D eigenvalue weighted by Crippen LogP contribution is 2.23. The molecule has 0 aliphatic carbocycles. The Balaban J connectivity index is 1.62. The normalized spacial score (nSPS) is 15.3. The van der Waals surface area contributed by atoms with Gasteiger partial charge in [-0.1, -0.05) is 29.8 Å². The molecule has 3 rings (SSSR count). The van der Waals surface area contributed by atoms with Gasteiger partial charge >= 0.3 is 5.97 Å². The zero-order valence-corrected chi connectivity index (χ0v) is 13.9. The van der Waals surface area contributed by atoms with Gasteiger partial charge in [0.25, 0.3) is 0 Å². The number of carbonyl (C=O) groups is 1. The highest BCUT2D eigenvalue weighted by Gasteiger charge is 2.25. The van der Waals surface area contributed by atoms with Crippen LogP contribution in [0.2, 0.25) is 5.02 Å². The minimum Gasteiger partial charge on any atom is -0.481 e. The summed E-state index contributed by atoms with van der Waals surface area (Å²) in [5.41, 5.74) is 1.00. The number of hydrogen-bond acceptors (Lipinski definition) is 5.